The molecule has 1 heterocycles. The Kier molecular flexibility index (Phi) is 8.02. The van der Waals surface area contributed by atoms with Gasteiger partial charge in [-0.2, -0.15) is 0 Å². The van der Waals surface area contributed by atoms with Gasteiger partial charge in [-0.15, -0.1) is 0 Å². The highest BCUT2D eigenvalue weighted by Crippen LogP contribution is 2.18. The number of para-hydroxylation sites is 2. The number of rotatable bonds is 10. The number of aromatic nitrogens is 2. The highest BCUT2D eigenvalue weighted by molar-refractivity contribution is 9.10. The van der Waals surface area contributed by atoms with Gasteiger partial charge in [0.2, 0.25) is 0 Å². The Bertz CT molecular complexity index is 999. The Morgan fingerprint density at radius 2 is 1.83 bits per heavy atom. The fraction of sp³-hybridized carbons (Fsp3) is 0.348. The van der Waals surface area contributed by atoms with Crippen molar-refractivity contribution in [1.82, 2.24) is 14.9 Å². The number of carbonyl (C=O) groups excluding carboxylic acids is 2. The van der Waals surface area contributed by atoms with Crippen LogP contribution in [0.1, 0.15) is 42.4 Å². The molecule has 1 N–H and O–H groups in total. The smallest absolute Gasteiger partial charge is 0.326 e. The van der Waals surface area contributed by atoms with Gasteiger partial charge in [0.05, 0.1) is 17.6 Å². The number of hydrogen-bond acceptors (Lipinski definition) is 4. The van der Waals surface area contributed by atoms with Crippen LogP contribution in [0.15, 0.2) is 53.0 Å². The highest BCUT2D eigenvalue weighted by atomic mass is 79.9. The molecule has 0 aliphatic rings. The van der Waals surface area contributed by atoms with Crippen molar-refractivity contribution in [3.05, 3.63) is 64.4 Å². The van der Waals surface area contributed by atoms with Crippen molar-refractivity contribution in [2.24, 2.45) is 0 Å². The molecule has 0 fully saturated rings. The maximum absolute atomic E-state index is 12.1. The Morgan fingerprint density at radius 3 is 2.60 bits per heavy atom. The minimum Gasteiger partial charge on any atom is -0.465 e. The zero-order valence-electron chi connectivity index (χ0n) is 17.1. The lowest BCUT2D eigenvalue weighted by Gasteiger charge is -2.09. The van der Waals surface area contributed by atoms with Crippen LogP contribution in [0.25, 0.3) is 11.0 Å². The molecule has 2 aromatic carbocycles. The predicted molar refractivity (Wildman–Crippen MR) is 120 cm³/mol. The summed E-state index contributed by atoms with van der Waals surface area (Å²) >= 11 is 3.37. The molecule has 3 aromatic rings. The monoisotopic (exact) mass is 471 g/mol. The van der Waals surface area contributed by atoms with Gasteiger partial charge >= 0.3 is 5.97 Å². The number of halogens is 1. The third-order valence-electron chi connectivity index (χ3n) is 4.80. The van der Waals surface area contributed by atoms with Crippen LogP contribution in [0.5, 0.6) is 0 Å². The fourth-order valence-electron chi connectivity index (χ4n) is 3.32. The van der Waals surface area contributed by atoms with E-state index in [4.69, 9.17) is 9.72 Å². The molecule has 0 spiro atoms. The van der Waals surface area contributed by atoms with Crippen molar-refractivity contribution in [2.75, 3.05) is 13.2 Å². The molecule has 0 atom stereocenters. The Morgan fingerprint density at radius 1 is 1.07 bits per heavy atom. The summed E-state index contributed by atoms with van der Waals surface area (Å²) in [7, 11) is 0. The van der Waals surface area contributed by atoms with Gasteiger partial charge in [-0.25, -0.2) is 4.98 Å². The van der Waals surface area contributed by atoms with Crippen LogP contribution in [-0.2, 0) is 22.5 Å². The van der Waals surface area contributed by atoms with E-state index >= 15 is 0 Å². The van der Waals surface area contributed by atoms with Crippen molar-refractivity contribution in [3.8, 4) is 0 Å². The van der Waals surface area contributed by atoms with Gasteiger partial charge in [0.25, 0.3) is 5.91 Å². The summed E-state index contributed by atoms with van der Waals surface area (Å²) in [6, 6.07) is 15.1. The maximum Gasteiger partial charge on any atom is 0.326 e. The summed E-state index contributed by atoms with van der Waals surface area (Å²) in [5, 5.41) is 2.95. The molecule has 6 nitrogen and oxygen atoms in total. The van der Waals surface area contributed by atoms with E-state index < -0.39 is 0 Å². The standard InChI is InChI=1S/C23H26BrN3O3/c1-2-30-22(28)16-27-20-9-6-5-8-19(20)26-21(27)10-4-3-7-15-25-23(29)17-11-13-18(24)14-12-17/h5-6,8-9,11-14H,2-4,7,10,15-16H2,1H3,(H,25,29). The van der Waals surface area contributed by atoms with E-state index in [0.717, 1.165) is 47.0 Å². The molecule has 0 unspecified atom stereocenters. The molecular formula is C23H26BrN3O3. The first-order valence-corrected chi connectivity index (χ1v) is 11.0. The third-order valence-corrected chi connectivity index (χ3v) is 5.32. The topological polar surface area (TPSA) is 73.2 Å². The summed E-state index contributed by atoms with van der Waals surface area (Å²) in [5.41, 5.74) is 2.49. The van der Waals surface area contributed by atoms with Gasteiger partial charge in [0, 0.05) is 23.0 Å². The lowest BCUT2D eigenvalue weighted by Crippen LogP contribution is -2.24. The average Bonchev–Trinajstić information content (AvgIpc) is 3.08. The van der Waals surface area contributed by atoms with E-state index in [1.54, 1.807) is 19.1 Å². The number of hydrogen-bond donors (Lipinski definition) is 1. The van der Waals surface area contributed by atoms with E-state index in [0.29, 0.717) is 18.7 Å². The first kappa shape index (κ1) is 22.0. The summed E-state index contributed by atoms with van der Waals surface area (Å²) in [6.07, 6.45) is 3.55. The van der Waals surface area contributed by atoms with Crippen LogP contribution in [0.3, 0.4) is 0 Å². The lowest BCUT2D eigenvalue weighted by molar-refractivity contribution is -0.143. The van der Waals surface area contributed by atoms with E-state index in [2.05, 4.69) is 21.2 Å². The largest absolute Gasteiger partial charge is 0.465 e. The molecule has 1 amide bonds. The Hall–Kier alpha value is -2.67. The number of unbranched alkanes of at least 4 members (excludes halogenated alkanes) is 2. The molecule has 0 aliphatic heterocycles. The third kappa shape index (κ3) is 5.92. The molecule has 0 radical (unpaired) electrons. The number of amides is 1. The van der Waals surface area contributed by atoms with Crippen LogP contribution < -0.4 is 5.32 Å². The molecule has 7 heteroatoms. The van der Waals surface area contributed by atoms with E-state index in [1.807, 2.05) is 41.0 Å². The van der Waals surface area contributed by atoms with Gasteiger partial charge in [-0.05, 0) is 56.2 Å². The Labute approximate surface area is 184 Å². The molecule has 0 saturated heterocycles. The second kappa shape index (κ2) is 10.9. The average molecular weight is 472 g/mol. The van der Waals surface area contributed by atoms with Crippen molar-refractivity contribution in [3.63, 3.8) is 0 Å². The highest BCUT2D eigenvalue weighted by Gasteiger charge is 2.14. The first-order valence-electron chi connectivity index (χ1n) is 10.2. The predicted octanol–water partition coefficient (Wildman–Crippen LogP) is 4.50. The SMILES string of the molecule is CCOC(=O)Cn1c(CCCCCNC(=O)c2ccc(Br)cc2)nc2ccccc21. The van der Waals surface area contributed by atoms with Crippen LogP contribution in [-0.4, -0.2) is 34.6 Å². The minimum atomic E-state index is -0.252. The second-order valence-electron chi connectivity index (χ2n) is 6.98. The van der Waals surface area contributed by atoms with E-state index in [9.17, 15) is 9.59 Å². The van der Waals surface area contributed by atoms with E-state index in [-0.39, 0.29) is 18.4 Å². The Balaban J connectivity index is 1.49. The molecule has 0 aliphatic carbocycles. The summed E-state index contributed by atoms with van der Waals surface area (Å²) in [4.78, 5) is 28.8. The van der Waals surface area contributed by atoms with Gasteiger partial charge in [-0.1, -0.05) is 34.5 Å². The number of nitrogens with one attached hydrogen (secondary N) is 1. The number of ether oxygens (including phenoxy) is 1. The normalized spacial score (nSPS) is 10.9. The van der Waals surface area contributed by atoms with Crippen LogP contribution in [0, 0.1) is 0 Å². The molecular weight excluding hydrogens is 446 g/mol. The molecule has 0 saturated carbocycles. The number of fused-ring (bicyclic) bond motifs is 1. The van der Waals surface area contributed by atoms with Crippen molar-refractivity contribution in [1.29, 1.82) is 0 Å². The number of benzene rings is 2. The van der Waals surface area contributed by atoms with Crippen molar-refractivity contribution < 1.29 is 14.3 Å². The number of esters is 1. The van der Waals surface area contributed by atoms with Gasteiger partial charge in [0.15, 0.2) is 0 Å². The van der Waals surface area contributed by atoms with Gasteiger partial charge < -0.3 is 14.6 Å². The quantitative estimate of drug-likeness (QED) is 0.348. The number of aryl methyl sites for hydroxylation is 1. The summed E-state index contributed by atoms with van der Waals surface area (Å²) in [5.74, 6) is 0.583. The zero-order chi connectivity index (χ0) is 21.3. The zero-order valence-corrected chi connectivity index (χ0v) is 18.7. The van der Waals surface area contributed by atoms with Gasteiger partial charge in [-0.3, -0.25) is 9.59 Å². The number of carbonyl (C=O) groups is 2. The van der Waals surface area contributed by atoms with E-state index in [1.165, 1.54) is 0 Å². The van der Waals surface area contributed by atoms with Crippen LogP contribution in [0.4, 0.5) is 0 Å². The lowest BCUT2D eigenvalue weighted by atomic mass is 10.1. The summed E-state index contributed by atoms with van der Waals surface area (Å²) < 4.78 is 8.01. The van der Waals surface area contributed by atoms with Crippen LogP contribution in [0.2, 0.25) is 0 Å². The number of nitrogens with zero attached hydrogens (tertiary/aromatic N) is 2. The second-order valence-corrected chi connectivity index (χ2v) is 7.90. The maximum atomic E-state index is 12.1. The first-order chi connectivity index (χ1) is 14.6. The van der Waals surface area contributed by atoms with Gasteiger partial charge in [0.1, 0.15) is 12.4 Å². The molecule has 30 heavy (non-hydrogen) atoms. The van der Waals surface area contributed by atoms with Crippen molar-refractivity contribution >= 4 is 38.8 Å². The summed E-state index contributed by atoms with van der Waals surface area (Å²) in [6.45, 7) is 2.98. The number of imidazole rings is 1. The molecule has 3 rings (SSSR count). The molecule has 1 aromatic heterocycles. The van der Waals surface area contributed by atoms with Crippen LogP contribution >= 0.6 is 15.9 Å². The van der Waals surface area contributed by atoms with Crippen molar-refractivity contribution in [2.45, 2.75) is 39.2 Å². The molecule has 158 valence electrons. The molecule has 0 bridgehead atoms. The minimum absolute atomic E-state index is 0.0567. The fourth-order valence-corrected chi connectivity index (χ4v) is 3.58.